The van der Waals surface area contributed by atoms with Crippen LogP contribution in [0.3, 0.4) is 0 Å². The molecule has 1 aliphatic heterocycles. The van der Waals surface area contributed by atoms with Crippen molar-refractivity contribution >= 4 is 39.0 Å². The Hall–Kier alpha value is -1.76. The minimum Gasteiger partial charge on any atom is -0.372 e. The van der Waals surface area contributed by atoms with Gasteiger partial charge in [0.05, 0.1) is 17.6 Å². The summed E-state index contributed by atoms with van der Waals surface area (Å²) in [4.78, 5) is 11.9. The number of halogens is 2. The van der Waals surface area contributed by atoms with Crippen LogP contribution in [0.4, 0.5) is 10.2 Å². The van der Waals surface area contributed by atoms with Crippen LogP contribution in [0.25, 0.3) is 21.3 Å². The zero-order valence-corrected chi connectivity index (χ0v) is 15.4. The number of thiophene rings is 1. The second-order valence-electron chi connectivity index (χ2n) is 6.31. The summed E-state index contributed by atoms with van der Waals surface area (Å²) in [6.45, 7) is 5.59. The standard InChI is InChI=1S/C18H17ClFN3OS/c1-10-7-23(8-11(2)24-10)16-15-14(12-3-5-13(20)6-4-12)9-25-17(15)22-18(19)21-16/h3-6,9-11H,7-8H2,1-2H3. The van der Waals surface area contributed by atoms with Crippen LogP contribution in [-0.2, 0) is 4.74 Å². The molecule has 2 aromatic heterocycles. The fraction of sp³-hybridized carbons (Fsp3) is 0.333. The van der Waals surface area contributed by atoms with Crippen LogP contribution in [0, 0.1) is 5.82 Å². The number of benzene rings is 1. The molecule has 1 aliphatic rings. The molecule has 0 radical (unpaired) electrons. The zero-order chi connectivity index (χ0) is 17.6. The number of anilines is 1. The smallest absolute Gasteiger partial charge is 0.225 e. The van der Waals surface area contributed by atoms with Crippen LogP contribution in [0.2, 0.25) is 5.28 Å². The van der Waals surface area contributed by atoms with Crippen molar-refractivity contribution in [3.8, 4) is 11.1 Å². The number of fused-ring (bicyclic) bond motifs is 1. The van der Waals surface area contributed by atoms with E-state index >= 15 is 0 Å². The normalized spacial score (nSPS) is 21.0. The van der Waals surface area contributed by atoms with Crippen molar-refractivity contribution in [2.45, 2.75) is 26.1 Å². The quantitative estimate of drug-likeness (QED) is 0.603. The van der Waals surface area contributed by atoms with Gasteiger partial charge in [-0.3, -0.25) is 0 Å². The molecule has 4 nitrogen and oxygen atoms in total. The Bertz CT molecular complexity index is 905. The second-order valence-corrected chi connectivity index (χ2v) is 7.51. The Morgan fingerprint density at radius 1 is 1.16 bits per heavy atom. The van der Waals surface area contributed by atoms with E-state index in [1.165, 1.54) is 23.5 Å². The highest BCUT2D eigenvalue weighted by atomic mass is 35.5. The third-order valence-electron chi connectivity index (χ3n) is 4.26. The SMILES string of the molecule is CC1CN(c2nc(Cl)nc3scc(-c4ccc(F)cc4)c23)CC(C)O1. The van der Waals surface area contributed by atoms with E-state index < -0.39 is 0 Å². The molecule has 2 unspecified atom stereocenters. The first-order valence-electron chi connectivity index (χ1n) is 8.12. The Morgan fingerprint density at radius 3 is 2.52 bits per heavy atom. The van der Waals surface area contributed by atoms with Gasteiger partial charge in [-0.25, -0.2) is 9.37 Å². The van der Waals surface area contributed by atoms with E-state index in [1.54, 1.807) is 12.1 Å². The Balaban J connectivity index is 1.88. The maximum absolute atomic E-state index is 13.3. The van der Waals surface area contributed by atoms with Crippen LogP contribution >= 0.6 is 22.9 Å². The minimum atomic E-state index is -0.251. The largest absolute Gasteiger partial charge is 0.372 e. The molecular formula is C18H17ClFN3OS. The number of nitrogens with zero attached hydrogens (tertiary/aromatic N) is 3. The highest BCUT2D eigenvalue weighted by molar-refractivity contribution is 7.17. The maximum atomic E-state index is 13.3. The Kier molecular flexibility index (Phi) is 4.35. The number of hydrogen-bond acceptors (Lipinski definition) is 5. The highest BCUT2D eigenvalue weighted by Gasteiger charge is 2.26. The average molecular weight is 378 g/mol. The van der Waals surface area contributed by atoms with Gasteiger partial charge in [-0.15, -0.1) is 11.3 Å². The second kappa shape index (κ2) is 6.52. The van der Waals surface area contributed by atoms with E-state index in [4.69, 9.17) is 16.3 Å². The van der Waals surface area contributed by atoms with Crippen LogP contribution < -0.4 is 4.90 Å². The van der Waals surface area contributed by atoms with Crippen LogP contribution in [0.15, 0.2) is 29.6 Å². The number of ether oxygens (including phenoxy) is 1. The Labute approximate surface area is 154 Å². The molecule has 3 heterocycles. The molecule has 1 fully saturated rings. The summed E-state index contributed by atoms with van der Waals surface area (Å²) in [5.41, 5.74) is 1.94. The van der Waals surface area contributed by atoms with E-state index in [1.807, 2.05) is 5.38 Å². The topological polar surface area (TPSA) is 38.2 Å². The monoisotopic (exact) mass is 377 g/mol. The predicted molar refractivity (Wildman–Crippen MR) is 100 cm³/mol. The highest BCUT2D eigenvalue weighted by Crippen LogP contribution is 2.39. The minimum absolute atomic E-state index is 0.112. The third-order valence-corrected chi connectivity index (χ3v) is 5.30. The van der Waals surface area contributed by atoms with Crippen molar-refractivity contribution in [2.75, 3.05) is 18.0 Å². The Morgan fingerprint density at radius 2 is 1.84 bits per heavy atom. The van der Waals surface area contributed by atoms with E-state index in [9.17, 15) is 4.39 Å². The summed E-state index contributed by atoms with van der Waals surface area (Å²) in [7, 11) is 0. The molecule has 4 rings (SSSR count). The molecule has 25 heavy (non-hydrogen) atoms. The van der Waals surface area contributed by atoms with Crippen molar-refractivity contribution in [3.63, 3.8) is 0 Å². The van der Waals surface area contributed by atoms with Gasteiger partial charge in [-0.1, -0.05) is 12.1 Å². The first-order valence-corrected chi connectivity index (χ1v) is 9.38. The lowest BCUT2D eigenvalue weighted by Gasteiger charge is -2.36. The fourth-order valence-corrected chi connectivity index (χ4v) is 4.48. The van der Waals surface area contributed by atoms with Gasteiger partial charge < -0.3 is 9.64 Å². The average Bonchev–Trinajstić information content (AvgIpc) is 2.97. The van der Waals surface area contributed by atoms with E-state index in [-0.39, 0.29) is 23.3 Å². The van der Waals surface area contributed by atoms with E-state index in [0.29, 0.717) is 0 Å². The first kappa shape index (κ1) is 16.7. The van der Waals surface area contributed by atoms with Gasteiger partial charge in [-0.2, -0.15) is 4.98 Å². The molecule has 0 aliphatic carbocycles. The number of hydrogen-bond donors (Lipinski definition) is 0. The van der Waals surface area contributed by atoms with Gasteiger partial charge in [0.25, 0.3) is 0 Å². The first-order chi connectivity index (χ1) is 12.0. The number of rotatable bonds is 2. The van der Waals surface area contributed by atoms with Crippen LogP contribution in [-0.4, -0.2) is 35.3 Å². The van der Waals surface area contributed by atoms with Crippen molar-refractivity contribution in [2.24, 2.45) is 0 Å². The molecule has 3 aromatic rings. The fourth-order valence-electron chi connectivity index (χ4n) is 3.32. The van der Waals surface area contributed by atoms with Gasteiger partial charge in [-0.05, 0) is 43.1 Å². The molecular weight excluding hydrogens is 361 g/mol. The molecule has 1 aromatic carbocycles. The molecule has 0 N–H and O–H groups in total. The van der Waals surface area contributed by atoms with Crippen LogP contribution in [0.5, 0.6) is 0 Å². The molecule has 2 atom stereocenters. The number of aromatic nitrogens is 2. The van der Waals surface area contributed by atoms with Crippen molar-refractivity contribution in [1.29, 1.82) is 0 Å². The lowest BCUT2D eigenvalue weighted by Crippen LogP contribution is -2.46. The van der Waals surface area contributed by atoms with Crippen LogP contribution in [0.1, 0.15) is 13.8 Å². The van der Waals surface area contributed by atoms with E-state index in [0.717, 1.165) is 40.3 Å². The maximum Gasteiger partial charge on any atom is 0.225 e. The molecule has 1 saturated heterocycles. The van der Waals surface area contributed by atoms with E-state index in [2.05, 4.69) is 28.7 Å². The van der Waals surface area contributed by atoms with Gasteiger partial charge in [0.1, 0.15) is 16.5 Å². The van der Waals surface area contributed by atoms with Crippen molar-refractivity contribution in [1.82, 2.24) is 9.97 Å². The van der Waals surface area contributed by atoms with Crippen molar-refractivity contribution < 1.29 is 9.13 Å². The van der Waals surface area contributed by atoms with Gasteiger partial charge in [0, 0.05) is 24.0 Å². The summed E-state index contributed by atoms with van der Waals surface area (Å²) in [6, 6.07) is 6.49. The molecule has 0 saturated carbocycles. The van der Waals surface area contributed by atoms with Gasteiger partial charge >= 0.3 is 0 Å². The summed E-state index contributed by atoms with van der Waals surface area (Å²) >= 11 is 7.69. The van der Waals surface area contributed by atoms with Gasteiger partial charge in [0.2, 0.25) is 5.28 Å². The lowest BCUT2D eigenvalue weighted by atomic mass is 10.1. The zero-order valence-electron chi connectivity index (χ0n) is 13.9. The molecule has 130 valence electrons. The van der Waals surface area contributed by atoms with Crippen molar-refractivity contribution in [3.05, 3.63) is 40.7 Å². The molecule has 0 amide bonds. The molecule has 0 bridgehead atoms. The summed E-state index contributed by atoms with van der Waals surface area (Å²) in [5.74, 6) is 0.566. The summed E-state index contributed by atoms with van der Waals surface area (Å²) < 4.78 is 19.1. The lowest BCUT2D eigenvalue weighted by molar-refractivity contribution is -0.00537. The summed E-state index contributed by atoms with van der Waals surface area (Å²) in [5, 5.41) is 3.23. The van der Waals surface area contributed by atoms with Gasteiger partial charge in [0.15, 0.2) is 0 Å². The predicted octanol–water partition coefficient (Wildman–Crippen LogP) is 4.76. The summed E-state index contributed by atoms with van der Waals surface area (Å²) in [6.07, 6.45) is 0.223. The third kappa shape index (κ3) is 3.21. The molecule has 0 spiro atoms. The molecule has 7 heteroatoms. The number of morpholine rings is 1.